The van der Waals surface area contributed by atoms with E-state index in [9.17, 15) is 4.79 Å². The Bertz CT molecular complexity index is 909. The maximum Gasteiger partial charge on any atom is 0.191 e. The molecule has 7 heteroatoms. The minimum atomic E-state index is -1.67. The highest BCUT2D eigenvalue weighted by atomic mass is 127. The van der Waals surface area contributed by atoms with Crippen molar-refractivity contribution in [3.05, 3.63) is 45.7 Å². The number of ketones is 1. The molecule has 0 fully saturated rings. The number of carbonyl (C=O) groups excluding carboxylic acids is 1. The van der Waals surface area contributed by atoms with Gasteiger partial charge in [0.2, 0.25) is 0 Å². The zero-order valence-electron chi connectivity index (χ0n) is 24.4. The third-order valence-corrected chi connectivity index (χ3v) is 13.1. The molecule has 0 bridgehead atoms. The number of allylic oxidation sites excluding steroid dienone is 1. The van der Waals surface area contributed by atoms with Crippen LogP contribution in [0.3, 0.4) is 0 Å². The fourth-order valence-corrected chi connectivity index (χ4v) is 5.76. The number of carbonyl (C=O) groups is 1. The van der Waals surface area contributed by atoms with Gasteiger partial charge in [0.1, 0.15) is 5.84 Å². The fourth-order valence-electron chi connectivity index (χ4n) is 4.15. The number of halogens is 1. The van der Waals surface area contributed by atoms with E-state index in [1.807, 2.05) is 12.3 Å². The smallest absolute Gasteiger partial charge is 0.191 e. The quantitative estimate of drug-likeness (QED) is 0.0721. The molecule has 1 aliphatic heterocycles. The maximum atomic E-state index is 12.7. The SMILES string of the molecule is COC[C@@H](N=C(c1ccccc1)N1C=C(I)C(=O)C[C@H]1CCCCCCO[Si](C)(C)C(C)(C)C)C(C)C. The number of Topliss-reactive ketones (excluding diaryl/α,β-unsaturated/α-hetero) is 1. The zero-order valence-corrected chi connectivity index (χ0v) is 27.5. The lowest BCUT2D eigenvalue weighted by Crippen LogP contribution is -2.42. The molecule has 0 radical (unpaired) electrons. The topological polar surface area (TPSA) is 51.1 Å². The first kappa shape index (κ1) is 32.2. The van der Waals surface area contributed by atoms with Crippen molar-refractivity contribution in [2.24, 2.45) is 10.9 Å². The van der Waals surface area contributed by atoms with Crippen LogP contribution in [0.1, 0.15) is 78.7 Å². The molecule has 5 nitrogen and oxygen atoms in total. The Morgan fingerprint density at radius 2 is 1.78 bits per heavy atom. The Kier molecular flexibility index (Phi) is 13.0. The molecule has 2 atom stereocenters. The number of aliphatic imine (C=N–C) groups is 1. The number of hydrogen-bond acceptors (Lipinski definition) is 4. The molecular weight excluding hydrogens is 591 g/mol. The van der Waals surface area contributed by atoms with E-state index in [2.05, 4.69) is 99.5 Å². The number of ether oxygens (including phenoxy) is 1. The summed E-state index contributed by atoms with van der Waals surface area (Å²) in [6, 6.07) is 10.5. The van der Waals surface area contributed by atoms with E-state index in [0.29, 0.717) is 18.9 Å². The fraction of sp³-hybridized carbons (Fsp3) is 0.667. The molecule has 1 aromatic carbocycles. The summed E-state index contributed by atoms with van der Waals surface area (Å²) in [5.41, 5.74) is 1.08. The minimum Gasteiger partial charge on any atom is -0.417 e. The van der Waals surface area contributed by atoms with Gasteiger partial charge < -0.3 is 14.1 Å². The maximum absolute atomic E-state index is 12.7. The molecule has 1 aliphatic rings. The van der Waals surface area contributed by atoms with Crippen molar-refractivity contribution < 1.29 is 14.0 Å². The van der Waals surface area contributed by atoms with Crippen LogP contribution in [0.5, 0.6) is 0 Å². The van der Waals surface area contributed by atoms with Gasteiger partial charge in [-0.25, -0.2) is 0 Å². The van der Waals surface area contributed by atoms with Crippen molar-refractivity contribution >= 4 is 42.5 Å². The van der Waals surface area contributed by atoms with Crippen molar-refractivity contribution in [1.82, 2.24) is 4.90 Å². The standard InChI is InChI=1S/C30H49IN2O3Si/c1-23(2)27(22-35-6)32-29(24-16-12-11-13-17-24)33-21-26(31)28(34)20-25(33)18-14-9-10-15-19-36-37(7,8)30(3,4)5/h11-13,16-17,21,23,25,27H,9-10,14-15,18-20,22H2,1-8H3/t25-,27-/m1/s1. The first-order valence-electron chi connectivity index (χ1n) is 13.8. The van der Waals surface area contributed by atoms with E-state index < -0.39 is 8.32 Å². The van der Waals surface area contributed by atoms with Gasteiger partial charge in [0, 0.05) is 37.9 Å². The molecule has 0 amide bonds. The number of benzene rings is 1. The second-order valence-electron chi connectivity index (χ2n) is 12.1. The number of nitrogens with zero attached hydrogens (tertiary/aromatic N) is 2. The molecule has 0 spiro atoms. The number of amidine groups is 1. The molecule has 37 heavy (non-hydrogen) atoms. The van der Waals surface area contributed by atoms with Crippen LogP contribution in [0.25, 0.3) is 0 Å². The van der Waals surface area contributed by atoms with Gasteiger partial charge in [-0.3, -0.25) is 9.79 Å². The van der Waals surface area contributed by atoms with Crippen LogP contribution in [0, 0.1) is 5.92 Å². The summed E-state index contributed by atoms with van der Waals surface area (Å²) >= 11 is 2.18. The van der Waals surface area contributed by atoms with E-state index in [0.717, 1.165) is 53.7 Å². The van der Waals surface area contributed by atoms with E-state index in [1.165, 1.54) is 0 Å². The average Bonchev–Trinajstić information content (AvgIpc) is 2.83. The predicted molar refractivity (Wildman–Crippen MR) is 167 cm³/mol. The summed E-state index contributed by atoms with van der Waals surface area (Å²) in [5, 5.41) is 0.255. The Labute approximate surface area is 240 Å². The Balaban J connectivity index is 2.11. The second-order valence-corrected chi connectivity index (χ2v) is 18.0. The molecule has 2 rings (SSSR count). The van der Waals surface area contributed by atoms with E-state index in [1.54, 1.807) is 7.11 Å². The van der Waals surface area contributed by atoms with Crippen LogP contribution in [0.4, 0.5) is 0 Å². The van der Waals surface area contributed by atoms with Crippen LogP contribution in [0.15, 0.2) is 45.1 Å². The predicted octanol–water partition coefficient (Wildman–Crippen LogP) is 8.00. The highest BCUT2D eigenvalue weighted by Crippen LogP contribution is 2.36. The highest BCUT2D eigenvalue weighted by molar-refractivity contribution is 14.1. The first-order chi connectivity index (χ1) is 17.4. The molecule has 0 aliphatic carbocycles. The molecule has 0 saturated heterocycles. The van der Waals surface area contributed by atoms with Gasteiger partial charge in [0.05, 0.1) is 16.2 Å². The highest BCUT2D eigenvalue weighted by Gasteiger charge is 2.36. The number of rotatable bonds is 13. The van der Waals surface area contributed by atoms with Crippen molar-refractivity contribution in [3.63, 3.8) is 0 Å². The van der Waals surface area contributed by atoms with Gasteiger partial charge in [0.15, 0.2) is 14.1 Å². The van der Waals surface area contributed by atoms with Crippen molar-refractivity contribution in [2.45, 2.75) is 103 Å². The lowest BCUT2D eigenvalue weighted by molar-refractivity contribution is -0.116. The van der Waals surface area contributed by atoms with Crippen LogP contribution in [-0.2, 0) is 14.0 Å². The van der Waals surface area contributed by atoms with Crippen LogP contribution in [-0.4, -0.2) is 57.2 Å². The minimum absolute atomic E-state index is 0.0467. The van der Waals surface area contributed by atoms with Crippen LogP contribution >= 0.6 is 22.6 Å². The molecule has 0 aromatic heterocycles. The van der Waals surface area contributed by atoms with E-state index >= 15 is 0 Å². The lowest BCUT2D eigenvalue weighted by Gasteiger charge is -2.36. The lowest BCUT2D eigenvalue weighted by atomic mass is 9.97. The Hall–Kier alpha value is -1.03. The van der Waals surface area contributed by atoms with Gasteiger partial charge in [-0.05, 0) is 59.5 Å². The molecule has 0 saturated carbocycles. The van der Waals surface area contributed by atoms with Gasteiger partial charge in [0.25, 0.3) is 0 Å². The molecule has 0 N–H and O–H groups in total. The van der Waals surface area contributed by atoms with Gasteiger partial charge in [-0.2, -0.15) is 0 Å². The monoisotopic (exact) mass is 640 g/mol. The number of unbranched alkanes of at least 4 members (excludes halogenated alkanes) is 3. The average molecular weight is 641 g/mol. The molecule has 208 valence electrons. The zero-order chi connectivity index (χ0) is 27.6. The third kappa shape index (κ3) is 9.90. The number of methoxy groups -OCH3 is 1. The van der Waals surface area contributed by atoms with E-state index in [4.69, 9.17) is 14.2 Å². The molecular formula is C30H49IN2O3Si. The third-order valence-electron chi connectivity index (χ3n) is 7.71. The summed E-state index contributed by atoms with van der Waals surface area (Å²) < 4.78 is 12.6. The Morgan fingerprint density at radius 1 is 1.14 bits per heavy atom. The van der Waals surface area contributed by atoms with Crippen molar-refractivity contribution in [1.29, 1.82) is 0 Å². The second kappa shape index (κ2) is 14.9. The van der Waals surface area contributed by atoms with E-state index in [-0.39, 0.29) is 22.9 Å². The molecule has 0 unspecified atom stereocenters. The van der Waals surface area contributed by atoms with Crippen molar-refractivity contribution in [2.75, 3.05) is 20.3 Å². The van der Waals surface area contributed by atoms with Crippen LogP contribution < -0.4 is 0 Å². The summed E-state index contributed by atoms with van der Waals surface area (Å²) in [5.74, 6) is 1.51. The van der Waals surface area contributed by atoms with Gasteiger partial charge in [-0.1, -0.05) is 84.2 Å². The number of hydrogen-bond donors (Lipinski definition) is 0. The summed E-state index contributed by atoms with van der Waals surface area (Å²) in [6.45, 7) is 17.3. The van der Waals surface area contributed by atoms with Gasteiger partial charge >= 0.3 is 0 Å². The van der Waals surface area contributed by atoms with Crippen LogP contribution in [0.2, 0.25) is 18.1 Å². The molecule has 1 aromatic rings. The summed E-state index contributed by atoms with van der Waals surface area (Å²) in [7, 11) is 0.0620. The summed E-state index contributed by atoms with van der Waals surface area (Å²) in [6.07, 6.45) is 8.01. The largest absolute Gasteiger partial charge is 0.417 e. The first-order valence-corrected chi connectivity index (χ1v) is 17.8. The molecule has 1 heterocycles. The normalized spacial score (nSPS) is 18.4. The van der Waals surface area contributed by atoms with Gasteiger partial charge in [-0.15, -0.1) is 0 Å². The Morgan fingerprint density at radius 3 is 2.38 bits per heavy atom. The van der Waals surface area contributed by atoms with Crippen molar-refractivity contribution in [3.8, 4) is 0 Å². The summed E-state index contributed by atoms with van der Waals surface area (Å²) in [4.78, 5) is 20.2.